The molecule has 1 aromatic rings. The summed E-state index contributed by atoms with van der Waals surface area (Å²) < 4.78 is 17.8. The predicted octanol–water partition coefficient (Wildman–Crippen LogP) is 1.82. The predicted molar refractivity (Wildman–Crippen MR) is 64.7 cm³/mol. The zero-order chi connectivity index (χ0) is 13.7. The van der Waals surface area contributed by atoms with Crippen LogP contribution in [0.2, 0.25) is 0 Å². The third kappa shape index (κ3) is 3.55. The molecule has 1 N–H and O–H groups in total. The standard InChI is InChI=1S/C13H16FNO3/c1-4-18-13(17)9(3)15-12(16)10-5-6-11(14)8(2)7-10/h5-7,9H,4H2,1-3H3,(H,15,16). The molecule has 0 aliphatic rings. The highest BCUT2D eigenvalue weighted by atomic mass is 19.1. The number of carbonyl (C=O) groups excluding carboxylic acids is 2. The Labute approximate surface area is 105 Å². The average Bonchev–Trinajstić information content (AvgIpc) is 2.32. The van der Waals surface area contributed by atoms with Crippen molar-refractivity contribution in [2.24, 2.45) is 0 Å². The highest BCUT2D eigenvalue weighted by Gasteiger charge is 2.17. The molecule has 0 bridgehead atoms. The van der Waals surface area contributed by atoms with Gasteiger partial charge >= 0.3 is 5.97 Å². The van der Waals surface area contributed by atoms with E-state index < -0.39 is 17.9 Å². The van der Waals surface area contributed by atoms with Crippen LogP contribution in [0.25, 0.3) is 0 Å². The lowest BCUT2D eigenvalue weighted by Crippen LogP contribution is -2.39. The quantitative estimate of drug-likeness (QED) is 0.833. The molecule has 0 radical (unpaired) electrons. The summed E-state index contributed by atoms with van der Waals surface area (Å²) in [4.78, 5) is 23.1. The van der Waals surface area contributed by atoms with Gasteiger partial charge < -0.3 is 10.1 Å². The Morgan fingerprint density at radius 1 is 1.44 bits per heavy atom. The Hall–Kier alpha value is -1.91. The van der Waals surface area contributed by atoms with Gasteiger partial charge in [0.05, 0.1) is 6.61 Å². The molecule has 1 amide bonds. The Bertz CT molecular complexity index is 460. The first kappa shape index (κ1) is 14.2. The summed E-state index contributed by atoms with van der Waals surface area (Å²) >= 11 is 0. The van der Waals surface area contributed by atoms with Gasteiger partial charge in [0, 0.05) is 5.56 Å². The number of halogens is 1. The van der Waals surface area contributed by atoms with Crippen molar-refractivity contribution in [1.82, 2.24) is 5.32 Å². The zero-order valence-corrected chi connectivity index (χ0v) is 10.6. The van der Waals surface area contributed by atoms with Crippen LogP contribution in [0.3, 0.4) is 0 Å². The topological polar surface area (TPSA) is 55.4 Å². The van der Waals surface area contributed by atoms with Crippen molar-refractivity contribution in [1.29, 1.82) is 0 Å². The van der Waals surface area contributed by atoms with Gasteiger partial charge in [0.2, 0.25) is 0 Å². The lowest BCUT2D eigenvalue weighted by atomic mass is 10.1. The van der Waals surface area contributed by atoms with E-state index in [0.29, 0.717) is 11.1 Å². The van der Waals surface area contributed by atoms with E-state index >= 15 is 0 Å². The number of amides is 1. The molecule has 0 fully saturated rings. The molecular weight excluding hydrogens is 237 g/mol. The smallest absolute Gasteiger partial charge is 0.328 e. The molecule has 98 valence electrons. The van der Waals surface area contributed by atoms with Crippen LogP contribution in [0.4, 0.5) is 4.39 Å². The molecule has 0 saturated heterocycles. The number of ether oxygens (including phenoxy) is 1. The Morgan fingerprint density at radius 3 is 2.67 bits per heavy atom. The number of hydrogen-bond donors (Lipinski definition) is 1. The van der Waals surface area contributed by atoms with Gasteiger partial charge in [0.15, 0.2) is 0 Å². The number of nitrogens with one attached hydrogen (secondary N) is 1. The molecule has 0 saturated carbocycles. The van der Waals surface area contributed by atoms with E-state index in [4.69, 9.17) is 4.74 Å². The summed E-state index contributed by atoms with van der Waals surface area (Å²) in [5, 5.41) is 2.49. The summed E-state index contributed by atoms with van der Waals surface area (Å²) in [6.45, 7) is 5.05. The molecule has 0 spiro atoms. The number of benzene rings is 1. The minimum absolute atomic E-state index is 0.259. The second-order valence-corrected chi connectivity index (χ2v) is 3.91. The van der Waals surface area contributed by atoms with Gasteiger partial charge in [-0.25, -0.2) is 9.18 Å². The van der Waals surface area contributed by atoms with Gasteiger partial charge in [-0.2, -0.15) is 0 Å². The van der Waals surface area contributed by atoms with Crippen LogP contribution in [-0.4, -0.2) is 24.5 Å². The van der Waals surface area contributed by atoms with Crippen molar-refractivity contribution < 1.29 is 18.7 Å². The van der Waals surface area contributed by atoms with Crippen LogP contribution in [0, 0.1) is 12.7 Å². The summed E-state index contributed by atoms with van der Waals surface area (Å²) in [6.07, 6.45) is 0. The molecule has 0 aliphatic carbocycles. The van der Waals surface area contributed by atoms with Crippen LogP contribution in [-0.2, 0) is 9.53 Å². The fourth-order valence-electron chi connectivity index (χ4n) is 1.39. The normalized spacial score (nSPS) is 11.8. The van der Waals surface area contributed by atoms with E-state index in [1.165, 1.54) is 25.1 Å². The fourth-order valence-corrected chi connectivity index (χ4v) is 1.39. The summed E-state index contributed by atoms with van der Waals surface area (Å²) in [7, 11) is 0. The van der Waals surface area contributed by atoms with Crippen LogP contribution in [0.1, 0.15) is 29.8 Å². The molecule has 0 aliphatic heterocycles. The van der Waals surface area contributed by atoms with E-state index in [1.807, 2.05) is 0 Å². The third-order valence-corrected chi connectivity index (χ3v) is 2.41. The maximum atomic E-state index is 13.0. The van der Waals surface area contributed by atoms with Crippen LogP contribution in [0.5, 0.6) is 0 Å². The third-order valence-electron chi connectivity index (χ3n) is 2.41. The largest absolute Gasteiger partial charge is 0.464 e. The first-order valence-corrected chi connectivity index (χ1v) is 5.69. The molecule has 5 heteroatoms. The molecule has 1 rings (SSSR count). The Balaban J connectivity index is 2.70. The number of esters is 1. The maximum Gasteiger partial charge on any atom is 0.328 e. The highest BCUT2D eigenvalue weighted by molar-refractivity contribution is 5.96. The fraction of sp³-hybridized carbons (Fsp3) is 0.385. The molecular formula is C13H16FNO3. The number of hydrogen-bond acceptors (Lipinski definition) is 3. The van der Waals surface area contributed by atoms with E-state index in [1.54, 1.807) is 13.8 Å². The summed E-state index contributed by atoms with van der Waals surface area (Å²) in [5.41, 5.74) is 0.691. The van der Waals surface area contributed by atoms with Crippen molar-refractivity contribution in [3.05, 3.63) is 35.1 Å². The van der Waals surface area contributed by atoms with Crippen LogP contribution < -0.4 is 5.32 Å². The summed E-state index contributed by atoms with van der Waals surface area (Å²) in [6, 6.07) is 3.29. The molecule has 1 atom stereocenters. The van der Waals surface area contributed by atoms with Gasteiger partial charge in [-0.05, 0) is 44.5 Å². The zero-order valence-electron chi connectivity index (χ0n) is 10.6. The molecule has 4 nitrogen and oxygen atoms in total. The summed E-state index contributed by atoms with van der Waals surface area (Å²) in [5.74, 6) is -1.30. The van der Waals surface area contributed by atoms with E-state index in [-0.39, 0.29) is 12.4 Å². The van der Waals surface area contributed by atoms with Crippen molar-refractivity contribution in [2.75, 3.05) is 6.61 Å². The Kier molecular flexibility index (Phi) is 4.83. The second-order valence-electron chi connectivity index (χ2n) is 3.91. The minimum atomic E-state index is -0.734. The number of carbonyl (C=O) groups is 2. The minimum Gasteiger partial charge on any atom is -0.464 e. The van der Waals surface area contributed by atoms with Crippen LogP contribution in [0.15, 0.2) is 18.2 Å². The van der Waals surface area contributed by atoms with E-state index in [9.17, 15) is 14.0 Å². The van der Waals surface area contributed by atoms with Crippen molar-refractivity contribution in [3.63, 3.8) is 0 Å². The number of rotatable bonds is 4. The first-order valence-electron chi connectivity index (χ1n) is 5.69. The molecule has 18 heavy (non-hydrogen) atoms. The lowest BCUT2D eigenvalue weighted by Gasteiger charge is -2.12. The molecule has 0 heterocycles. The highest BCUT2D eigenvalue weighted by Crippen LogP contribution is 2.09. The monoisotopic (exact) mass is 253 g/mol. The molecule has 1 unspecified atom stereocenters. The SMILES string of the molecule is CCOC(=O)C(C)NC(=O)c1ccc(F)c(C)c1. The first-order chi connectivity index (χ1) is 8.45. The van der Waals surface area contributed by atoms with Gasteiger partial charge in [-0.3, -0.25) is 4.79 Å². The van der Waals surface area contributed by atoms with Gasteiger partial charge in [-0.15, -0.1) is 0 Å². The van der Waals surface area contributed by atoms with E-state index in [0.717, 1.165) is 0 Å². The van der Waals surface area contributed by atoms with Crippen LogP contribution >= 0.6 is 0 Å². The van der Waals surface area contributed by atoms with Gasteiger partial charge in [-0.1, -0.05) is 0 Å². The van der Waals surface area contributed by atoms with Crippen molar-refractivity contribution >= 4 is 11.9 Å². The lowest BCUT2D eigenvalue weighted by molar-refractivity contribution is -0.144. The Morgan fingerprint density at radius 2 is 2.11 bits per heavy atom. The van der Waals surface area contributed by atoms with Crippen molar-refractivity contribution in [2.45, 2.75) is 26.8 Å². The second kappa shape index (κ2) is 6.14. The van der Waals surface area contributed by atoms with Gasteiger partial charge in [0.1, 0.15) is 11.9 Å². The molecule has 0 aromatic heterocycles. The van der Waals surface area contributed by atoms with E-state index in [2.05, 4.69) is 5.32 Å². The maximum absolute atomic E-state index is 13.0. The molecule has 1 aromatic carbocycles. The van der Waals surface area contributed by atoms with Crippen molar-refractivity contribution in [3.8, 4) is 0 Å². The average molecular weight is 253 g/mol. The number of aryl methyl sites for hydroxylation is 1. The van der Waals surface area contributed by atoms with Gasteiger partial charge in [0.25, 0.3) is 5.91 Å².